The molecule has 0 saturated carbocycles. The normalized spacial score (nSPS) is 10.9. The van der Waals surface area contributed by atoms with Gasteiger partial charge in [-0.1, -0.05) is 41.4 Å². The number of rotatable bonds is 8. The first-order valence-electron chi connectivity index (χ1n) is 8.32. The van der Waals surface area contributed by atoms with Crippen molar-refractivity contribution in [2.75, 3.05) is 19.8 Å². The van der Waals surface area contributed by atoms with Crippen LogP contribution in [0.5, 0.6) is 0 Å². The minimum atomic E-state index is -0.725. The summed E-state index contributed by atoms with van der Waals surface area (Å²) in [5.41, 5.74) is 1.15. The van der Waals surface area contributed by atoms with Crippen LogP contribution in [-0.4, -0.2) is 41.6 Å². The van der Waals surface area contributed by atoms with Crippen LogP contribution >= 0.6 is 23.2 Å². The predicted octanol–water partition coefficient (Wildman–Crippen LogP) is 3.71. The molecule has 2 rings (SSSR count). The lowest BCUT2D eigenvalue weighted by molar-refractivity contribution is -0.148. The fourth-order valence-corrected chi connectivity index (χ4v) is 2.81. The molecule has 8 heteroatoms. The van der Waals surface area contributed by atoms with Crippen molar-refractivity contribution in [2.24, 2.45) is 0 Å². The number of aliphatic hydroxyl groups excluding tert-OH is 1. The summed E-state index contributed by atoms with van der Waals surface area (Å²) < 4.78 is 17.8. The number of ether oxygens (including phenoxy) is 1. The fourth-order valence-electron chi connectivity index (χ4n) is 2.30. The number of hydrogen-bond donors (Lipinski definition) is 1. The predicted molar refractivity (Wildman–Crippen MR) is 105 cm³/mol. The first-order valence-corrected chi connectivity index (χ1v) is 9.08. The lowest BCUT2D eigenvalue weighted by atomic mass is 10.2. The van der Waals surface area contributed by atoms with Crippen molar-refractivity contribution in [1.82, 2.24) is 4.90 Å². The van der Waals surface area contributed by atoms with Crippen LogP contribution in [0.25, 0.3) is 6.08 Å². The third-order valence-electron chi connectivity index (χ3n) is 3.75. The average Bonchev–Trinajstić information content (AvgIpc) is 2.67. The highest BCUT2D eigenvalue weighted by atomic mass is 35.5. The van der Waals surface area contributed by atoms with Crippen molar-refractivity contribution in [3.8, 4) is 0 Å². The van der Waals surface area contributed by atoms with Crippen molar-refractivity contribution < 1.29 is 23.8 Å². The van der Waals surface area contributed by atoms with Crippen LogP contribution < -0.4 is 0 Å². The summed E-state index contributed by atoms with van der Waals surface area (Å²) >= 11 is 12.2. The number of aliphatic hydroxyl groups is 1. The van der Waals surface area contributed by atoms with Gasteiger partial charge in [0.1, 0.15) is 5.82 Å². The Kier molecular flexibility index (Phi) is 8.44. The maximum atomic E-state index is 12.8. The molecule has 0 aliphatic carbocycles. The molecule has 0 saturated heterocycles. The smallest absolute Gasteiger partial charge is 0.331 e. The van der Waals surface area contributed by atoms with Crippen molar-refractivity contribution >= 4 is 41.2 Å². The maximum Gasteiger partial charge on any atom is 0.331 e. The van der Waals surface area contributed by atoms with Gasteiger partial charge in [-0.15, -0.1) is 0 Å². The fraction of sp³-hybridized carbons (Fsp3) is 0.200. The second-order valence-corrected chi connectivity index (χ2v) is 6.55. The summed E-state index contributed by atoms with van der Waals surface area (Å²) in [5.74, 6) is -1.61. The van der Waals surface area contributed by atoms with E-state index in [1.165, 1.54) is 35.2 Å². The molecule has 1 N–H and O–H groups in total. The van der Waals surface area contributed by atoms with Crippen LogP contribution in [0.4, 0.5) is 4.39 Å². The van der Waals surface area contributed by atoms with Crippen molar-refractivity contribution in [1.29, 1.82) is 0 Å². The van der Waals surface area contributed by atoms with Gasteiger partial charge >= 0.3 is 5.97 Å². The number of carbonyl (C=O) groups is 2. The molecule has 0 aromatic heterocycles. The third kappa shape index (κ3) is 6.64. The third-order valence-corrected chi connectivity index (χ3v) is 4.46. The number of nitrogens with zero attached hydrogens (tertiary/aromatic N) is 1. The highest BCUT2D eigenvalue weighted by Crippen LogP contribution is 2.25. The number of amides is 1. The van der Waals surface area contributed by atoms with Crippen LogP contribution in [0, 0.1) is 5.82 Å². The summed E-state index contributed by atoms with van der Waals surface area (Å²) in [5, 5.41) is 9.99. The van der Waals surface area contributed by atoms with E-state index in [9.17, 15) is 19.1 Å². The zero-order valence-electron chi connectivity index (χ0n) is 14.8. The lowest BCUT2D eigenvalue weighted by Gasteiger charge is -2.22. The van der Waals surface area contributed by atoms with Gasteiger partial charge in [0.15, 0.2) is 6.61 Å². The van der Waals surface area contributed by atoms with Crippen LogP contribution in [0.2, 0.25) is 10.0 Å². The summed E-state index contributed by atoms with van der Waals surface area (Å²) in [6, 6.07) is 10.5. The molecular formula is C20H18Cl2FNO4. The number of carbonyl (C=O) groups excluding carboxylic acids is 2. The molecule has 0 radical (unpaired) electrons. The molecular weight excluding hydrogens is 408 g/mol. The Morgan fingerprint density at radius 1 is 1.11 bits per heavy atom. The lowest BCUT2D eigenvalue weighted by Crippen LogP contribution is -2.36. The van der Waals surface area contributed by atoms with Crippen molar-refractivity contribution in [2.45, 2.75) is 6.54 Å². The Labute approximate surface area is 171 Å². The molecule has 5 nitrogen and oxygen atoms in total. The van der Waals surface area contributed by atoms with Crippen LogP contribution in [0.1, 0.15) is 11.1 Å². The first kappa shape index (κ1) is 21.9. The standard InChI is InChI=1S/C20H18Cl2FNO4/c21-17-2-1-3-18(22)16(17)12-24(10-11-25)19(26)13-28-20(27)9-6-14-4-7-15(23)8-5-14/h1-9,25H,10-13H2/b9-6+. The Morgan fingerprint density at radius 2 is 1.75 bits per heavy atom. The second-order valence-electron chi connectivity index (χ2n) is 5.73. The summed E-state index contributed by atoms with van der Waals surface area (Å²) in [7, 11) is 0. The van der Waals surface area contributed by atoms with E-state index in [2.05, 4.69) is 0 Å². The van der Waals surface area contributed by atoms with Gasteiger partial charge in [-0.25, -0.2) is 9.18 Å². The van der Waals surface area contributed by atoms with Gasteiger partial charge in [0, 0.05) is 34.8 Å². The quantitative estimate of drug-likeness (QED) is 0.516. The molecule has 2 aromatic carbocycles. The zero-order chi connectivity index (χ0) is 20.5. The van der Waals surface area contributed by atoms with Crippen LogP contribution in [-0.2, 0) is 20.9 Å². The molecule has 0 fully saturated rings. The summed E-state index contributed by atoms with van der Waals surface area (Å²) in [6.45, 7) is -0.675. The molecule has 2 aromatic rings. The number of benzene rings is 2. The van der Waals surface area contributed by atoms with Crippen LogP contribution in [0.3, 0.4) is 0 Å². The summed E-state index contributed by atoms with van der Waals surface area (Å²) in [6.07, 6.45) is 2.59. The van der Waals surface area contributed by atoms with E-state index in [4.69, 9.17) is 27.9 Å². The number of esters is 1. The largest absolute Gasteiger partial charge is 0.452 e. The molecule has 0 unspecified atom stereocenters. The maximum absolute atomic E-state index is 12.8. The Morgan fingerprint density at radius 3 is 2.36 bits per heavy atom. The topological polar surface area (TPSA) is 66.8 Å². The van der Waals surface area contributed by atoms with Gasteiger partial charge in [-0.05, 0) is 35.9 Å². The molecule has 1 amide bonds. The van der Waals surface area contributed by atoms with E-state index >= 15 is 0 Å². The molecule has 0 aliphatic heterocycles. The van der Waals surface area contributed by atoms with Gasteiger partial charge in [0.05, 0.1) is 6.61 Å². The Hall–Kier alpha value is -2.41. The van der Waals surface area contributed by atoms with E-state index in [0.29, 0.717) is 21.2 Å². The van der Waals surface area contributed by atoms with Gasteiger partial charge in [0.2, 0.25) is 0 Å². The molecule has 0 heterocycles. The monoisotopic (exact) mass is 425 g/mol. The summed E-state index contributed by atoms with van der Waals surface area (Å²) in [4.78, 5) is 25.4. The van der Waals surface area contributed by atoms with Gasteiger partial charge in [0.25, 0.3) is 5.91 Å². The molecule has 0 spiro atoms. The Balaban J connectivity index is 1.94. The molecule has 148 valence electrons. The second kappa shape index (κ2) is 10.8. The molecule has 0 atom stereocenters. The van der Waals surface area contributed by atoms with Crippen molar-refractivity contribution in [3.05, 3.63) is 75.5 Å². The number of halogens is 3. The minimum absolute atomic E-state index is 0.0311. The van der Waals surface area contributed by atoms with E-state index < -0.39 is 18.5 Å². The minimum Gasteiger partial charge on any atom is -0.452 e. The van der Waals surface area contributed by atoms with Gasteiger partial charge < -0.3 is 14.7 Å². The highest BCUT2D eigenvalue weighted by molar-refractivity contribution is 6.36. The van der Waals surface area contributed by atoms with E-state index in [-0.39, 0.29) is 25.5 Å². The molecule has 0 bridgehead atoms. The van der Waals surface area contributed by atoms with Gasteiger partial charge in [-0.3, -0.25) is 4.79 Å². The SMILES string of the molecule is O=C(/C=C/c1ccc(F)cc1)OCC(=O)N(CCO)Cc1c(Cl)cccc1Cl. The number of hydrogen-bond acceptors (Lipinski definition) is 4. The molecule has 28 heavy (non-hydrogen) atoms. The Bertz CT molecular complexity index is 836. The van der Waals surface area contributed by atoms with E-state index in [1.54, 1.807) is 18.2 Å². The highest BCUT2D eigenvalue weighted by Gasteiger charge is 2.18. The molecule has 0 aliphatic rings. The first-order chi connectivity index (χ1) is 13.4. The van der Waals surface area contributed by atoms with E-state index in [1.807, 2.05) is 0 Å². The van der Waals surface area contributed by atoms with E-state index in [0.717, 1.165) is 6.08 Å². The van der Waals surface area contributed by atoms with Crippen molar-refractivity contribution in [3.63, 3.8) is 0 Å². The average molecular weight is 426 g/mol. The zero-order valence-corrected chi connectivity index (χ0v) is 16.3. The van der Waals surface area contributed by atoms with Crippen LogP contribution in [0.15, 0.2) is 48.5 Å². The van der Waals surface area contributed by atoms with Gasteiger partial charge in [-0.2, -0.15) is 0 Å².